The maximum Gasteiger partial charge on any atom is 0.0926 e. The van der Waals surface area contributed by atoms with Crippen LogP contribution in [0.1, 0.15) is 12.3 Å². The largest absolute Gasteiger partial charge is 0.264 e. The van der Waals surface area contributed by atoms with Crippen LogP contribution in [0, 0.1) is 6.07 Å². The van der Waals surface area contributed by atoms with Crippen LogP contribution in [0.25, 0.3) is 16.6 Å². The third-order valence-electron chi connectivity index (χ3n) is 1.78. The molecule has 0 aliphatic carbocycles. The van der Waals surface area contributed by atoms with Crippen molar-refractivity contribution in [2.45, 2.75) is 0 Å². The number of nitrogens with zero attached hydrogens (tertiary/aromatic N) is 2. The van der Waals surface area contributed by atoms with Crippen molar-refractivity contribution in [3.05, 3.63) is 60.6 Å². The monoisotopic (exact) mass is 395 g/mol. The molecule has 3 rings (SSSR count). The van der Waals surface area contributed by atoms with Crippen molar-refractivity contribution >= 4 is 10.9 Å². The Morgan fingerprint density at radius 1 is 1.12 bits per heavy atom. The molecule has 1 aromatic heterocycles. The summed E-state index contributed by atoms with van der Waals surface area (Å²) in [7, 11) is 0. The Morgan fingerprint density at radius 3 is 2.88 bits per heavy atom. The Balaban J connectivity index is 0.00000225. The van der Waals surface area contributed by atoms with Crippen LogP contribution in [0.5, 0.6) is 0 Å². The topological polar surface area (TPSA) is 17.8 Å². The quantitative estimate of drug-likeness (QED) is 0.581. The summed E-state index contributed by atoms with van der Waals surface area (Å²) in [4.78, 5) is 0. The number of fused-ring (bicyclic) bond motifs is 1. The van der Waals surface area contributed by atoms with Crippen LogP contribution >= 0.6 is 0 Å². The van der Waals surface area contributed by atoms with Crippen molar-refractivity contribution < 1.29 is 32.4 Å². The van der Waals surface area contributed by atoms with Crippen molar-refractivity contribution in [2.75, 3.05) is 0 Å². The van der Waals surface area contributed by atoms with E-state index in [-0.39, 0.29) is 36.7 Å². The zero-order valence-corrected chi connectivity index (χ0v) is 10.1. The molecule has 0 fully saturated rings. The van der Waals surface area contributed by atoms with Crippen LogP contribution in [-0.4, -0.2) is 9.78 Å². The van der Waals surface area contributed by atoms with E-state index in [1.807, 2.05) is 0 Å². The van der Waals surface area contributed by atoms with E-state index in [0.29, 0.717) is 0 Å². The third-order valence-corrected chi connectivity index (χ3v) is 1.78. The van der Waals surface area contributed by atoms with Gasteiger partial charge in [-0.05, 0) is 14.5 Å². The molecular formula is C13H9IrN2-. The van der Waals surface area contributed by atoms with E-state index in [2.05, 4.69) is 11.2 Å². The average Bonchev–Trinajstić information content (AvgIpc) is 2.89. The van der Waals surface area contributed by atoms with Gasteiger partial charge in [0, 0.05) is 34.4 Å². The van der Waals surface area contributed by atoms with Gasteiger partial charge in [-0.25, -0.2) is 0 Å². The molecule has 16 heavy (non-hydrogen) atoms. The molecule has 81 valence electrons. The summed E-state index contributed by atoms with van der Waals surface area (Å²) >= 11 is 0. The van der Waals surface area contributed by atoms with Gasteiger partial charge in [0.2, 0.25) is 0 Å². The van der Waals surface area contributed by atoms with E-state index < -0.39 is 54.5 Å². The zero-order valence-electron chi connectivity index (χ0n) is 16.7. The first-order valence-corrected chi connectivity index (χ1v) is 4.12. The summed E-state index contributed by atoms with van der Waals surface area (Å²) in [6.45, 7) is 0. The minimum absolute atomic E-state index is 0. The number of para-hydroxylation sites is 1. The number of aromatic nitrogens is 2. The molecule has 0 bridgehead atoms. The van der Waals surface area contributed by atoms with Gasteiger partial charge in [0.1, 0.15) is 0 Å². The molecule has 3 aromatic rings. The van der Waals surface area contributed by atoms with E-state index in [4.69, 9.17) is 12.3 Å². The van der Waals surface area contributed by atoms with Gasteiger partial charge in [-0.3, -0.25) is 4.68 Å². The fraction of sp³-hybridized carbons (Fsp3) is 0. The van der Waals surface area contributed by atoms with Crippen molar-refractivity contribution in [2.24, 2.45) is 0 Å². The first kappa shape index (κ1) is 4.44. The maximum absolute atomic E-state index is 8.13. The number of benzene rings is 2. The van der Waals surface area contributed by atoms with Crippen molar-refractivity contribution in [1.82, 2.24) is 9.78 Å². The van der Waals surface area contributed by atoms with Crippen LogP contribution in [0.3, 0.4) is 0 Å². The Bertz CT molecular complexity index is 1020. The molecule has 0 amide bonds. The van der Waals surface area contributed by atoms with Gasteiger partial charge in [0.15, 0.2) is 0 Å². The van der Waals surface area contributed by atoms with Gasteiger partial charge >= 0.3 is 0 Å². The summed E-state index contributed by atoms with van der Waals surface area (Å²) < 4.78 is 70.8. The third kappa shape index (κ3) is 1.92. The SMILES string of the molecule is [2H]c1[c-]c(-n2nc3c([2H])c([2H])c([2H])c([2H])c3c2[2H])c([2H])c([2H])c1[2H].[Ir]. The second kappa shape index (κ2) is 4.60. The van der Waals surface area contributed by atoms with E-state index in [0.717, 1.165) is 4.68 Å². The zero-order chi connectivity index (χ0) is 17.9. The smallest absolute Gasteiger partial charge is 0.0926 e. The van der Waals surface area contributed by atoms with Crippen LogP contribution in [0.15, 0.2) is 54.5 Å². The predicted molar refractivity (Wildman–Crippen MR) is 59.9 cm³/mol. The Kier molecular flexibility index (Phi) is 1.28. The Hall–Kier alpha value is -1.44. The molecule has 0 saturated heterocycles. The molecule has 0 N–H and O–H groups in total. The number of hydrogen-bond donors (Lipinski definition) is 0. The molecule has 1 radical (unpaired) electrons. The first-order valence-electron chi connectivity index (χ1n) is 8.62. The summed E-state index contributed by atoms with van der Waals surface area (Å²) in [5.41, 5.74) is -0.370. The van der Waals surface area contributed by atoms with Crippen molar-refractivity contribution in [3.63, 3.8) is 0 Å². The van der Waals surface area contributed by atoms with Crippen LogP contribution in [-0.2, 0) is 20.1 Å². The van der Waals surface area contributed by atoms with Gasteiger partial charge in [-0.15, -0.1) is 6.04 Å². The fourth-order valence-corrected chi connectivity index (χ4v) is 1.15. The number of rotatable bonds is 1. The first-order chi connectivity index (χ1) is 11.2. The summed E-state index contributed by atoms with van der Waals surface area (Å²) in [6, 6.07) is -1.33. The van der Waals surface area contributed by atoms with E-state index in [1.54, 1.807) is 0 Å². The normalized spacial score (nSPS) is 17.9. The summed E-state index contributed by atoms with van der Waals surface area (Å²) in [5.74, 6) is 0. The molecule has 0 aliphatic heterocycles. The predicted octanol–water partition coefficient (Wildman–Crippen LogP) is 2.82. The molecular weight excluding hydrogens is 376 g/mol. The van der Waals surface area contributed by atoms with Gasteiger partial charge in [-0.2, -0.15) is 29.3 Å². The van der Waals surface area contributed by atoms with Crippen LogP contribution in [0.2, 0.25) is 0 Å². The molecule has 0 saturated carbocycles. The molecule has 0 unspecified atom stereocenters. The molecule has 3 heteroatoms. The second-order valence-corrected chi connectivity index (χ2v) is 2.72. The van der Waals surface area contributed by atoms with Gasteiger partial charge in [-0.1, -0.05) is 18.1 Å². The van der Waals surface area contributed by atoms with Gasteiger partial charge in [0.25, 0.3) is 0 Å². The molecule has 2 nitrogen and oxygen atoms in total. The van der Waals surface area contributed by atoms with Crippen LogP contribution < -0.4 is 0 Å². The summed E-state index contributed by atoms with van der Waals surface area (Å²) in [6.07, 6.45) is -0.404. The molecule has 0 spiro atoms. The Morgan fingerprint density at radius 2 is 1.94 bits per heavy atom. The van der Waals surface area contributed by atoms with Gasteiger partial charge < -0.3 is 0 Å². The average molecular weight is 395 g/mol. The Labute approximate surface area is 120 Å². The molecule has 0 atom stereocenters. The standard InChI is InChI=1S/C13H9N2.Ir/c1-2-7-12(8-3-1)15-10-11-6-4-5-9-13(11)14-15;/h1-7,9-10H;/q-1;/i1D,2D,3D,4D,5D,6D,7D,9D,10D;. The van der Waals surface area contributed by atoms with E-state index in [1.165, 1.54) is 0 Å². The second-order valence-electron chi connectivity index (χ2n) is 2.72. The number of hydrogen-bond acceptors (Lipinski definition) is 1. The molecule has 0 aliphatic rings. The minimum atomic E-state index is -0.521. The van der Waals surface area contributed by atoms with Gasteiger partial charge in [0.05, 0.1) is 12.4 Å². The minimum Gasteiger partial charge on any atom is -0.264 e. The van der Waals surface area contributed by atoms with Crippen molar-refractivity contribution in [1.29, 1.82) is 0 Å². The maximum atomic E-state index is 8.13. The van der Waals surface area contributed by atoms with E-state index >= 15 is 0 Å². The molecule has 2 aromatic carbocycles. The van der Waals surface area contributed by atoms with E-state index in [9.17, 15) is 0 Å². The summed E-state index contributed by atoms with van der Waals surface area (Å²) in [5, 5.41) is 3.83. The fourth-order valence-electron chi connectivity index (χ4n) is 1.15. The molecule has 1 heterocycles. The van der Waals surface area contributed by atoms with Crippen LogP contribution in [0.4, 0.5) is 0 Å². The van der Waals surface area contributed by atoms with Crippen molar-refractivity contribution in [3.8, 4) is 5.69 Å².